The van der Waals surface area contributed by atoms with Crippen molar-refractivity contribution in [3.63, 3.8) is 0 Å². The van der Waals surface area contributed by atoms with Crippen molar-refractivity contribution in [3.8, 4) is 0 Å². The molecule has 0 rings (SSSR count). The van der Waals surface area contributed by atoms with E-state index < -0.39 is 4.30 Å². The third-order valence-corrected chi connectivity index (χ3v) is 0. The number of hydrogen-bond acceptors (Lipinski definition) is 0. The molecule has 5 heteroatoms. The first-order valence-corrected chi connectivity index (χ1v) is 1.96. The van der Waals surface area contributed by atoms with Gasteiger partial charge >= 0.3 is 29.6 Å². The van der Waals surface area contributed by atoms with Crippen LogP contribution in [0.4, 0.5) is 0 Å². The molecule has 0 amide bonds. The second kappa shape index (κ2) is 9.95. The Morgan fingerprint density at radius 2 is 1.17 bits per heavy atom. The first-order valence-electron chi connectivity index (χ1n) is 0.655. The molecule has 36 valence electrons. The normalized spacial score (nSPS) is 6.00. The van der Waals surface area contributed by atoms with E-state index in [9.17, 15) is 0 Å². The average Bonchev–Trinajstić information content (AvgIpc) is 0.811. The van der Waals surface area contributed by atoms with Gasteiger partial charge in [0, 0.05) is 0 Å². The fraction of sp³-hybridized carbons (Fsp3) is 1.00. The molecule has 0 aliphatic rings. The molecule has 0 aromatic carbocycles. The fourth-order valence-corrected chi connectivity index (χ4v) is 0. The summed E-state index contributed by atoms with van der Waals surface area (Å²) in [6, 6.07) is 0. The van der Waals surface area contributed by atoms with Crippen LogP contribution in [0.25, 0.3) is 0 Å². The van der Waals surface area contributed by atoms with Gasteiger partial charge in [0.2, 0.25) is 0 Å². The van der Waals surface area contributed by atoms with E-state index >= 15 is 0 Å². The SMILES string of the molecule is ClC(Cl)Cl.O.[H-].[Na+]. The van der Waals surface area contributed by atoms with Crippen LogP contribution in [0.2, 0.25) is 0 Å². The molecule has 2 N–H and O–H groups in total. The van der Waals surface area contributed by atoms with E-state index in [4.69, 9.17) is 34.8 Å². The minimum Gasteiger partial charge on any atom is -1.00 e. The minimum absolute atomic E-state index is 0. The molecule has 0 bridgehead atoms. The summed E-state index contributed by atoms with van der Waals surface area (Å²) < 4.78 is -0.750. The average molecular weight is 161 g/mol. The summed E-state index contributed by atoms with van der Waals surface area (Å²) in [5.74, 6) is 0. The topological polar surface area (TPSA) is 31.5 Å². The predicted octanol–water partition coefficient (Wildman–Crippen LogP) is -1.72. The van der Waals surface area contributed by atoms with Gasteiger partial charge in [-0.1, -0.05) is 34.8 Å². The first-order chi connectivity index (χ1) is 1.73. The second-order valence-corrected chi connectivity index (χ2v) is 2.23. The second-order valence-electron chi connectivity index (χ2n) is 0.247. The van der Waals surface area contributed by atoms with E-state index in [1.165, 1.54) is 0 Å². The van der Waals surface area contributed by atoms with Gasteiger partial charge in [-0.05, 0) is 0 Å². The maximum Gasteiger partial charge on any atom is 1.00 e. The van der Waals surface area contributed by atoms with Gasteiger partial charge in [-0.25, -0.2) is 0 Å². The molecule has 0 saturated heterocycles. The van der Waals surface area contributed by atoms with Gasteiger partial charge in [-0.15, -0.1) is 0 Å². The van der Waals surface area contributed by atoms with Crippen molar-refractivity contribution in [2.45, 2.75) is 4.30 Å². The summed E-state index contributed by atoms with van der Waals surface area (Å²) in [5, 5.41) is 0. The molecule has 0 heterocycles. The molecule has 0 atom stereocenters. The van der Waals surface area contributed by atoms with Crippen molar-refractivity contribution < 1.29 is 36.5 Å². The largest absolute Gasteiger partial charge is 1.00 e. The van der Waals surface area contributed by atoms with Crippen LogP contribution in [-0.4, -0.2) is 9.77 Å². The summed E-state index contributed by atoms with van der Waals surface area (Å²) in [6.45, 7) is 0. The van der Waals surface area contributed by atoms with Crippen LogP contribution >= 0.6 is 34.8 Å². The molecule has 0 fully saturated rings. The van der Waals surface area contributed by atoms with Gasteiger partial charge in [0.15, 0.2) is 4.30 Å². The van der Waals surface area contributed by atoms with Gasteiger partial charge < -0.3 is 6.90 Å². The Hall–Kier alpha value is 1.83. The van der Waals surface area contributed by atoms with E-state index in [2.05, 4.69) is 0 Å². The molecule has 0 aromatic rings. The zero-order valence-corrected chi connectivity index (χ0v) is 7.48. The number of rotatable bonds is 0. The van der Waals surface area contributed by atoms with Gasteiger partial charge in [0.05, 0.1) is 0 Å². The van der Waals surface area contributed by atoms with Crippen LogP contribution in [0.5, 0.6) is 0 Å². The monoisotopic (exact) mass is 160 g/mol. The summed E-state index contributed by atoms with van der Waals surface area (Å²) in [5.41, 5.74) is 0. The summed E-state index contributed by atoms with van der Waals surface area (Å²) in [7, 11) is 0. The maximum atomic E-state index is 4.81. The first kappa shape index (κ1) is 15.7. The van der Waals surface area contributed by atoms with Crippen molar-refractivity contribution in [1.29, 1.82) is 0 Å². The van der Waals surface area contributed by atoms with Crippen molar-refractivity contribution >= 4 is 34.8 Å². The number of halogens is 3. The van der Waals surface area contributed by atoms with E-state index in [0.717, 1.165) is 0 Å². The molecule has 0 aromatic heterocycles. The summed E-state index contributed by atoms with van der Waals surface area (Å²) in [4.78, 5) is 0. The molecule has 0 aliphatic heterocycles. The fourth-order valence-electron chi connectivity index (χ4n) is 0. The standard InChI is InChI=1S/CHCl3.Na.H2O.H/c2-1(3)4;;;/h1H;;1H2;/q;+1;;-1. The van der Waals surface area contributed by atoms with E-state index in [-0.39, 0.29) is 36.5 Å². The Kier molecular flexibility index (Phi) is 26.0. The molecule has 0 spiro atoms. The number of hydrogen-bond donors (Lipinski definition) is 0. The van der Waals surface area contributed by atoms with Gasteiger partial charge in [0.1, 0.15) is 0 Å². The molecule has 1 nitrogen and oxygen atoms in total. The molecule has 0 saturated carbocycles. The van der Waals surface area contributed by atoms with E-state index in [1.54, 1.807) is 0 Å². The van der Waals surface area contributed by atoms with Crippen molar-refractivity contribution in [1.82, 2.24) is 0 Å². The molecular weight excluding hydrogens is 157 g/mol. The molecule has 0 aliphatic carbocycles. The Morgan fingerprint density at radius 1 is 1.17 bits per heavy atom. The number of alkyl halides is 3. The van der Waals surface area contributed by atoms with E-state index in [0.29, 0.717) is 0 Å². The Labute approximate surface area is 75.0 Å². The molecule has 6 heavy (non-hydrogen) atoms. The van der Waals surface area contributed by atoms with E-state index in [1.807, 2.05) is 0 Å². The van der Waals surface area contributed by atoms with Crippen LogP contribution in [0.1, 0.15) is 1.43 Å². The molecule has 0 unspecified atom stereocenters. The van der Waals surface area contributed by atoms with Crippen LogP contribution in [0, 0.1) is 0 Å². The predicted molar refractivity (Wildman–Crippen MR) is 26.1 cm³/mol. The third-order valence-electron chi connectivity index (χ3n) is 0. The Morgan fingerprint density at radius 3 is 1.17 bits per heavy atom. The molecule has 0 radical (unpaired) electrons. The molecular formula is CH4Cl3NaO. The quantitative estimate of drug-likeness (QED) is 0.299. The Balaban J connectivity index is -0.0000000150. The Bertz CT molecular complexity index is 19.7. The van der Waals surface area contributed by atoms with Gasteiger partial charge in [0.25, 0.3) is 0 Å². The summed E-state index contributed by atoms with van der Waals surface area (Å²) >= 11 is 14.4. The zero-order chi connectivity index (χ0) is 3.58. The smallest absolute Gasteiger partial charge is 1.00 e. The van der Waals surface area contributed by atoms with Gasteiger partial charge in [-0.3, -0.25) is 0 Å². The zero-order valence-electron chi connectivity index (χ0n) is 4.21. The summed E-state index contributed by atoms with van der Waals surface area (Å²) in [6.07, 6.45) is 0. The van der Waals surface area contributed by atoms with Crippen LogP contribution in [0.3, 0.4) is 0 Å². The minimum atomic E-state index is -0.750. The maximum absolute atomic E-state index is 4.81. The van der Waals surface area contributed by atoms with Crippen LogP contribution in [-0.2, 0) is 0 Å². The van der Waals surface area contributed by atoms with Crippen molar-refractivity contribution in [2.75, 3.05) is 0 Å². The van der Waals surface area contributed by atoms with Crippen molar-refractivity contribution in [2.24, 2.45) is 0 Å². The van der Waals surface area contributed by atoms with Crippen LogP contribution < -0.4 is 29.6 Å². The van der Waals surface area contributed by atoms with Crippen molar-refractivity contribution in [3.05, 3.63) is 0 Å². The van der Waals surface area contributed by atoms with Crippen LogP contribution in [0.15, 0.2) is 0 Å². The third kappa shape index (κ3) is 40.6. The van der Waals surface area contributed by atoms with Gasteiger partial charge in [-0.2, -0.15) is 0 Å².